The zero-order chi connectivity index (χ0) is 31.3. The third-order valence-corrected chi connectivity index (χ3v) is 10.3. The van der Waals surface area contributed by atoms with E-state index < -0.39 is 14.2 Å². The first kappa shape index (κ1) is 31.5. The van der Waals surface area contributed by atoms with Crippen molar-refractivity contribution in [3.8, 4) is 11.5 Å². The Labute approximate surface area is 260 Å². The Balaban J connectivity index is 1.43. The lowest BCUT2D eigenvalue weighted by Crippen LogP contribution is -2.54. The number of hydrogen-bond acceptors (Lipinski definition) is 4. The van der Waals surface area contributed by atoms with Crippen LogP contribution in [0, 0.1) is 5.82 Å². The number of halogens is 1. The van der Waals surface area contributed by atoms with Crippen LogP contribution < -0.4 is 9.47 Å². The van der Waals surface area contributed by atoms with E-state index in [-0.39, 0.29) is 23.9 Å². The van der Waals surface area contributed by atoms with Crippen molar-refractivity contribution >= 4 is 24.9 Å². The second-order valence-electron chi connectivity index (χ2n) is 12.8. The van der Waals surface area contributed by atoms with Crippen molar-refractivity contribution in [2.24, 2.45) is 0 Å². The summed E-state index contributed by atoms with van der Waals surface area (Å²) >= 11 is 0. The molecular weight excluding hydrogens is 573 g/mol. The smallest absolute Gasteiger partial charge is 0.407 e. The summed E-state index contributed by atoms with van der Waals surface area (Å²) in [5.74, 6) is 1.22. The number of nitrogens with zero attached hydrogens (tertiary/aromatic N) is 1. The van der Waals surface area contributed by atoms with E-state index in [2.05, 4.69) is 31.8 Å². The standard InChI is InChI=1S/C36H42FNO5Si/c1-41-30-15-9-25(10-16-30)23-42-34-22-26(21-28-7-5-6-8-31(28)34)24-43-35-32(27-11-13-29(37)14-12-27)17-19-38(36(39)40)33(35)18-20-44(2,3)4/h5-16,21-22,32-33,35H,17-20,23-24H2,1-4H3,(H,39,40). The minimum atomic E-state index is -1.46. The van der Waals surface area contributed by atoms with Gasteiger partial charge in [-0.1, -0.05) is 74.2 Å². The molecular formula is C36H42FNO5Si. The van der Waals surface area contributed by atoms with Crippen LogP contribution in [0.2, 0.25) is 25.7 Å². The zero-order valence-electron chi connectivity index (χ0n) is 26.0. The van der Waals surface area contributed by atoms with Gasteiger partial charge in [-0.25, -0.2) is 9.18 Å². The maximum Gasteiger partial charge on any atom is 0.407 e. The van der Waals surface area contributed by atoms with Crippen LogP contribution in [0.1, 0.15) is 35.4 Å². The summed E-state index contributed by atoms with van der Waals surface area (Å²) in [7, 11) is 0.187. The lowest BCUT2D eigenvalue weighted by Gasteiger charge is -2.45. The van der Waals surface area contributed by atoms with Gasteiger partial charge in [-0.3, -0.25) is 0 Å². The van der Waals surface area contributed by atoms with Crippen molar-refractivity contribution in [3.63, 3.8) is 0 Å². The Morgan fingerprint density at radius 3 is 2.36 bits per heavy atom. The number of hydrogen-bond donors (Lipinski definition) is 1. The molecule has 5 rings (SSSR count). The fourth-order valence-electron chi connectivity index (χ4n) is 6.10. The van der Waals surface area contributed by atoms with E-state index in [1.165, 1.54) is 12.1 Å². The van der Waals surface area contributed by atoms with Gasteiger partial charge < -0.3 is 24.2 Å². The Morgan fingerprint density at radius 2 is 1.68 bits per heavy atom. The van der Waals surface area contributed by atoms with Crippen LogP contribution >= 0.6 is 0 Å². The Hall–Kier alpha value is -3.88. The quantitative estimate of drug-likeness (QED) is 0.171. The molecule has 8 heteroatoms. The van der Waals surface area contributed by atoms with E-state index in [0.717, 1.165) is 51.4 Å². The van der Waals surface area contributed by atoms with Gasteiger partial charge >= 0.3 is 6.09 Å². The number of carbonyl (C=O) groups is 1. The molecule has 1 aliphatic rings. The van der Waals surface area contributed by atoms with Crippen LogP contribution in [-0.4, -0.2) is 50.0 Å². The molecule has 1 fully saturated rings. The fraction of sp³-hybridized carbons (Fsp3) is 0.361. The summed E-state index contributed by atoms with van der Waals surface area (Å²) in [4.78, 5) is 14.0. The summed E-state index contributed by atoms with van der Waals surface area (Å²) in [6.45, 7) is 8.03. The molecule has 44 heavy (non-hydrogen) atoms. The molecule has 4 aromatic carbocycles. The molecule has 4 aromatic rings. The maximum atomic E-state index is 13.9. The van der Waals surface area contributed by atoms with Crippen molar-refractivity contribution < 1.29 is 28.5 Å². The minimum absolute atomic E-state index is 0.0518. The number of methoxy groups -OCH3 is 1. The molecule has 0 aliphatic carbocycles. The Kier molecular flexibility index (Phi) is 9.91. The van der Waals surface area contributed by atoms with Crippen molar-refractivity contribution in [2.75, 3.05) is 13.7 Å². The number of benzene rings is 4. The van der Waals surface area contributed by atoms with Crippen LogP contribution in [-0.2, 0) is 18.0 Å². The molecule has 1 N–H and O–H groups in total. The lowest BCUT2D eigenvalue weighted by atomic mass is 9.81. The van der Waals surface area contributed by atoms with Crippen LogP contribution in [0.5, 0.6) is 11.5 Å². The average Bonchev–Trinajstić information content (AvgIpc) is 3.01. The monoisotopic (exact) mass is 615 g/mol. The molecule has 3 unspecified atom stereocenters. The van der Waals surface area contributed by atoms with Gasteiger partial charge in [0.1, 0.15) is 23.9 Å². The van der Waals surface area contributed by atoms with Gasteiger partial charge in [0.2, 0.25) is 0 Å². The molecule has 232 valence electrons. The Morgan fingerprint density at radius 1 is 0.955 bits per heavy atom. The molecule has 0 spiro atoms. The first-order valence-corrected chi connectivity index (χ1v) is 19.0. The average molecular weight is 616 g/mol. The van der Waals surface area contributed by atoms with Crippen LogP contribution in [0.3, 0.4) is 0 Å². The number of amides is 1. The second kappa shape index (κ2) is 13.8. The van der Waals surface area contributed by atoms with Crippen molar-refractivity contribution in [3.05, 3.63) is 107 Å². The molecule has 0 bridgehead atoms. The van der Waals surface area contributed by atoms with Gasteiger partial charge in [-0.05, 0) is 71.3 Å². The van der Waals surface area contributed by atoms with Crippen molar-refractivity contribution in [1.29, 1.82) is 0 Å². The highest BCUT2D eigenvalue weighted by molar-refractivity contribution is 6.76. The largest absolute Gasteiger partial charge is 0.497 e. The lowest BCUT2D eigenvalue weighted by molar-refractivity contribution is -0.0578. The highest BCUT2D eigenvalue weighted by atomic mass is 28.3. The van der Waals surface area contributed by atoms with Crippen LogP contribution in [0.4, 0.5) is 9.18 Å². The summed E-state index contributed by atoms with van der Waals surface area (Å²) in [6, 6.07) is 27.3. The van der Waals surface area contributed by atoms with Gasteiger partial charge in [0.05, 0.1) is 25.9 Å². The van der Waals surface area contributed by atoms with Crippen LogP contribution in [0.15, 0.2) is 84.9 Å². The number of rotatable bonds is 11. The maximum absolute atomic E-state index is 13.9. The van der Waals surface area contributed by atoms with E-state index in [0.29, 0.717) is 26.2 Å². The summed E-state index contributed by atoms with van der Waals surface area (Å²) in [5.41, 5.74) is 2.95. The number of ether oxygens (including phenoxy) is 3. The van der Waals surface area contributed by atoms with E-state index >= 15 is 0 Å². The first-order valence-electron chi connectivity index (χ1n) is 15.3. The van der Waals surface area contributed by atoms with Gasteiger partial charge in [-0.2, -0.15) is 0 Å². The molecule has 0 radical (unpaired) electrons. The summed E-state index contributed by atoms with van der Waals surface area (Å²) in [6.07, 6.45) is 0.0478. The summed E-state index contributed by atoms with van der Waals surface area (Å²) in [5, 5.41) is 12.2. The molecule has 1 aliphatic heterocycles. The highest BCUT2D eigenvalue weighted by Gasteiger charge is 2.42. The first-order chi connectivity index (χ1) is 21.1. The Bertz CT molecular complexity index is 1550. The zero-order valence-corrected chi connectivity index (χ0v) is 27.0. The molecule has 1 saturated heterocycles. The summed E-state index contributed by atoms with van der Waals surface area (Å²) < 4.78 is 32.2. The fourth-order valence-corrected chi connectivity index (χ4v) is 7.26. The number of fused-ring (bicyclic) bond motifs is 1. The minimum Gasteiger partial charge on any atom is -0.497 e. The molecule has 1 amide bonds. The topological polar surface area (TPSA) is 68.2 Å². The van der Waals surface area contributed by atoms with Gasteiger partial charge in [0.15, 0.2) is 0 Å². The third-order valence-electron chi connectivity index (χ3n) is 8.47. The van der Waals surface area contributed by atoms with E-state index in [1.807, 2.05) is 60.7 Å². The number of likely N-dealkylation sites (tertiary alicyclic amines) is 1. The van der Waals surface area contributed by atoms with E-state index in [9.17, 15) is 14.3 Å². The highest BCUT2D eigenvalue weighted by Crippen LogP contribution is 2.38. The van der Waals surface area contributed by atoms with Crippen LogP contribution in [0.25, 0.3) is 10.8 Å². The molecule has 3 atom stereocenters. The molecule has 1 heterocycles. The van der Waals surface area contributed by atoms with E-state index in [1.54, 1.807) is 12.0 Å². The predicted octanol–water partition coefficient (Wildman–Crippen LogP) is 8.72. The normalized spacial score (nSPS) is 18.8. The van der Waals surface area contributed by atoms with Crippen molar-refractivity contribution in [2.45, 2.75) is 69.8 Å². The van der Waals surface area contributed by atoms with Gasteiger partial charge in [0.25, 0.3) is 0 Å². The van der Waals surface area contributed by atoms with Gasteiger partial charge in [-0.15, -0.1) is 0 Å². The molecule has 0 aromatic heterocycles. The van der Waals surface area contributed by atoms with Gasteiger partial charge in [0, 0.05) is 25.9 Å². The second-order valence-corrected chi connectivity index (χ2v) is 18.4. The molecule has 6 nitrogen and oxygen atoms in total. The predicted molar refractivity (Wildman–Crippen MR) is 175 cm³/mol. The number of carboxylic acid groups (broad SMARTS) is 1. The SMILES string of the molecule is COc1ccc(COc2cc(COC3C(c4ccc(F)cc4)CCN(C(=O)O)C3CC[Si](C)(C)C)cc3ccccc23)cc1. The van der Waals surface area contributed by atoms with E-state index in [4.69, 9.17) is 14.2 Å². The third kappa shape index (κ3) is 7.79. The van der Waals surface area contributed by atoms with Crippen molar-refractivity contribution in [1.82, 2.24) is 4.90 Å². The molecule has 0 saturated carbocycles. The number of piperidine rings is 1.